The molecular weight excluding hydrogens is 364 g/mol. The zero-order chi connectivity index (χ0) is 15.6. The van der Waals surface area contributed by atoms with E-state index in [2.05, 4.69) is 21.2 Å². The van der Waals surface area contributed by atoms with Crippen molar-refractivity contribution >= 4 is 27.5 Å². The SMILES string of the molecule is CNC(c1ccc(F)c(OC)c1)c1cc(Cl)c(Br)cc1F. The molecule has 0 aliphatic heterocycles. The van der Waals surface area contributed by atoms with Crippen LogP contribution in [0.3, 0.4) is 0 Å². The van der Waals surface area contributed by atoms with E-state index in [9.17, 15) is 8.78 Å². The Kier molecular flexibility index (Phi) is 5.19. The van der Waals surface area contributed by atoms with Crippen molar-refractivity contribution in [2.45, 2.75) is 6.04 Å². The van der Waals surface area contributed by atoms with Crippen LogP contribution in [0, 0.1) is 11.6 Å². The third-order valence-corrected chi connectivity index (χ3v) is 4.34. The Morgan fingerprint density at radius 1 is 1.19 bits per heavy atom. The lowest BCUT2D eigenvalue weighted by Gasteiger charge is -2.19. The third-order valence-electron chi connectivity index (χ3n) is 3.15. The van der Waals surface area contributed by atoms with Gasteiger partial charge in [-0.15, -0.1) is 0 Å². The highest BCUT2D eigenvalue weighted by Crippen LogP contribution is 2.33. The molecule has 2 nitrogen and oxygen atoms in total. The first-order chi connectivity index (χ1) is 9.97. The number of hydrogen-bond donors (Lipinski definition) is 1. The van der Waals surface area contributed by atoms with E-state index < -0.39 is 17.7 Å². The molecule has 2 rings (SSSR count). The van der Waals surface area contributed by atoms with Crippen molar-refractivity contribution in [1.82, 2.24) is 5.32 Å². The predicted molar refractivity (Wildman–Crippen MR) is 83.0 cm³/mol. The maximum Gasteiger partial charge on any atom is 0.165 e. The van der Waals surface area contributed by atoms with Gasteiger partial charge in [0.1, 0.15) is 5.82 Å². The Morgan fingerprint density at radius 2 is 1.90 bits per heavy atom. The molecule has 112 valence electrons. The average molecular weight is 377 g/mol. The number of halogens is 4. The molecule has 0 saturated heterocycles. The number of ether oxygens (including phenoxy) is 1. The highest BCUT2D eigenvalue weighted by Gasteiger charge is 2.19. The first-order valence-electron chi connectivity index (χ1n) is 6.13. The molecule has 6 heteroatoms. The van der Waals surface area contributed by atoms with E-state index in [1.165, 1.54) is 31.4 Å². The van der Waals surface area contributed by atoms with Gasteiger partial charge in [0.25, 0.3) is 0 Å². The third kappa shape index (κ3) is 3.36. The van der Waals surface area contributed by atoms with Crippen molar-refractivity contribution in [3.8, 4) is 5.75 Å². The number of nitrogens with one attached hydrogen (secondary N) is 1. The molecule has 2 aromatic rings. The van der Waals surface area contributed by atoms with Gasteiger partial charge in [-0.2, -0.15) is 0 Å². The second-order valence-electron chi connectivity index (χ2n) is 4.40. The predicted octanol–water partition coefficient (Wildman–Crippen LogP) is 4.70. The number of methoxy groups -OCH3 is 1. The van der Waals surface area contributed by atoms with Gasteiger partial charge in [0.05, 0.1) is 18.2 Å². The Morgan fingerprint density at radius 3 is 2.52 bits per heavy atom. The topological polar surface area (TPSA) is 21.3 Å². The summed E-state index contributed by atoms with van der Waals surface area (Å²) in [6.45, 7) is 0. The van der Waals surface area contributed by atoms with E-state index in [0.717, 1.165) is 0 Å². The second-order valence-corrected chi connectivity index (χ2v) is 5.67. The summed E-state index contributed by atoms with van der Waals surface area (Å²) in [6.07, 6.45) is 0. The van der Waals surface area contributed by atoms with Crippen molar-refractivity contribution in [3.63, 3.8) is 0 Å². The number of rotatable bonds is 4. The molecule has 2 aromatic carbocycles. The molecule has 0 spiro atoms. The fourth-order valence-corrected chi connectivity index (χ4v) is 2.60. The standard InChI is InChI=1S/C15H13BrClF2NO/c1-20-15(8-3-4-12(18)14(5-8)21-2)9-6-11(17)10(16)7-13(9)19/h3-7,15,20H,1-2H3. The van der Waals surface area contributed by atoms with E-state index in [0.29, 0.717) is 20.6 Å². The normalized spacial score (nSPS) is 12.3. The summed E-state index contributed by atoms with van der Waals surface area (Å²) in [5, 5.41) is 3.40. The highest BCUT2D eigenvalue weighted by molar-refractivity contribution is 9.10. The minimum atomic E-state index is -0.468. The van der Waals surface area contributed by atoms with E-state index in [1.807, 2.05) is 0 Å². The Bertz CT molecular complexity index is 666. The van der Waals surface area contributed by atoms with Crippen LogP contribution < -0.4 is 10.1 Å². The summed E-state index contributed by atoms with van der Waals surface area (Å²) in [5.41, 5.74) is 1.05. The lowest BCUT2D eigenvalue weighted by atomic mass is 9.98. The molecule has 0 aromatic heterocycles. The molecule has 1 unspecified atom stereocenters. The largest absolute Gasteiger partial charge is 0.494 e. The van der Waals surface area contributed by atoms with Gasteiger partial charge in [-0.05, 0) is 52.8 Å². The summed E-state index contributed by atoms with van der Waals surface area (Å²) in [4.78, 5) is 0. The van der Waals surface area contributed by atoms with Crippen LogP contribution in [-0.2, 0) is 0 Å². The summed E-state index contributed by atoms with van der Waals surface area (Å²) in [6, 6.07) is 6.78. The summed E-state index contributed by atoms with van der Waals surface area (Å²) in [7, 11) is 3.07. The minimum Gasteiger partial charge on any atom is -0.494 e. The fraction of sp³-hybridized carbons (Fsp3) is 0.200. The molecule has 0 fully saturated rings. The molecule has 0 aliphatic carbocycles. The molecule has 1 atom stereocenters. The molecule has 21 heavy (non-hydrogen) atoms. The van der Waals surface area contributed by atoms with Crippen LogP contribution in [0.4, 0.5) is 8.78 Å². The first-order valence-corrected chi connectivity index (χ1v) is 7.30. The van der Waals surface area contributed by atoms with Gasteiger partial charge in [-0.25, -0.2) is 8.78 Å². The van der Waals surface area contributed by atoms with Crippen molar-refractivity contribution in [2.24, 2.45) is 0 Å². The average Bonchev–Trinajstić information content (AvgIpc) is 2.46. The maximum atomic E-state index is 14.2. The molecule has 0 radical (unpaired) electrons. The van der Waals surface area contributed by atoms with Gasteiger partial charge in [-0.1, -0.05) is 17.7 Å². The van der Waals surface area contributed by atoms with Crippen molar-refractivity contribution in [2.75, 3.05) is 14.2 Å². The smallest absolute Gasteiger partial charge is 0.165 e. The monoisotopic (exact) mass is 375 g/mol. The maximum absolute atomic E-state index is 14.2. The Hall–Kier alpha value is -1.17. The van der Waals surface area contributed by atoms with E-state index in [1.54, 1.807) is 13.1 Å². The van der Waals surface area contributed by atoms with Gasteiger partial charge in [-0.3, -0.25) is 0 Å². The summed E-state index contributed by atoms with van der Waals surface area (Å²) in [5.74, 6) is -0.768. The van der Waals surface area contributed by atoms with Gasteiger partial charge in [0.2, 0.25) is 0 Å². The van der Waals surface area contributed by atoms with Crippen LogP contribution in [0.25, 0.3) is 0 Å². The molecular formula is C15H13BrClF2NO. The number of hydrogen-bond acceptors (Lipinski definition) is 2. The molecule has 1 N–H and O–H groups in total. The van der Waals surface area contributed by atoms with Gasteiger partial charge >= 0.3 is 0 Å². The number of benzene rings is 2. The van der Waals surface area contributed by atoms with Crippen LogP contribution in [0.2, 0.25) is 5.02 Å². The van der Waals surface area contributed by atoms with Crippen molar-refractivity contribution in [1.29, 1.82) is 0 Å². The lowest BCUT2D eigenvalue weighted by Crippen LogP contribution is -2.19. The molecule has 0 saturated carbocycles. The quantitative estimate of drug-likeness (QED) is 0.781. The zero-order valence-corrected chi connectivity index (χ0v) is 13.7. The van der Waals surface area contributed by atoms with Crippen LogP contribution in [0.15, 0.2) is 34.8 Å². The highest BCUT2D eigenvalue weighted by atomic mass is 79.9. The van der Waals surface area contributed by atoms with Crippen LogP contribution >= 0.6 is 27.5 Å². The van der Waals surface area contributed by atoms with Gasteiger partial charge in [0.15, 0.2) is 11.6 Å². The molecule has 0 bridgehead atoms. The van der Waals surface area contributed by atoms with Crippen LogP contribution in [0.1, 0.15) is 17.2 Å². The lowest BCUT2D eigenvalue weighted by molar-refractivity contribution is 0.385. The molecule has 0 amide bonds. The molecule has 0 heterocycles. The zero-order valence-electron chi connectivity index (χ0n) is 11.4. The first kappa shape index (κ1) is 16.2. The second kappa shape index (κ2) is 6.73. The van der Waals surface area contributed by atoms with Crippen molar-refractivity contribution in [3.05, 3.63) is 62.6 Å². The van der Waals surface area contributed by atoms with Crippen LogP contribution in [-0.4, -0.2) is 14.2 Å². The fourth-order valence-electron chi connectivity index (χ4n) is 2.12. The van der Waals surface area contributed by atoms with Gasteiger partial charge in [0, 0.05) is 10.0 Å². The Balaban J connectivity index is 2.52. The van der Waals surface area contributed by atoms with E-state index in [4.69, 9.17) is 16.3 Å². The summed E-state index contributed by atoms with van der Waals surface area (Å²) >= 11 is 9.21. The van der Waals surface area contributed by atoms with Crippen molar-refractivity contribution < 1.29 is 13.5 Å². The van der Waals surface area contributed by atoms with E-state index in [-0.39, 0.29) is 5.75 Å². The minimum absolute atomic E-state index is 0.108. The summed E-state index contributed by atoms with van der Waals surface area (Å²) < 4.78 is 33.1. The Labute approximate surface area is 135 Å². The molecule has 0 aliphatic rings. The van der Waals surface area contributed by atoms with Crippen LogP contribution in [0.5, 0.6) is 5.75 Å². The van der Waals surface area contributed by atoms with Gasteiger partial charge < -0.3 is 10.1 Å². The van der Waals surface area contributed by atoms with E-state index >= 15 is 0 Å².